The van der Waals surface area contributed by atoms with Crippen LogP contribution in [0, 0.1) is 11.3 Å². The zero-order valence-electron chi connectivity index (χ0n) is 8.65. The fraction of sp³-hybridized carbons (Fsp3) is 1.00. The summed E-state index contributed by atoms with van der Waals surface area (Å²) in [7, 11) is 0. The molecular formula is C9H12F6O2. The van der Waals surface area contributed by atoms with Crippen LogP contribution in [0.3, 0.4) is 0 Å². The summed E-state index contributed by atoms with van der Waals surface area (Å²) in [5.41, 5.74) is -3.70. The molecule has 1 aliphatic carbocycles. The molecule has 0 heterocycles. The normalized spacial score (nSPS) is 23.1. The molecule has 2 nitrogen and oxygen atoms in total. The van der Waals surface area contributed by atoms with Crippen LogP contribution in [0.2, 0.25) is 0 Å². The van der Waals surface area contributed by atoms with Gasteiger partial charge in [0.25, 0.3) is 0 Å². The van der Waals surface area contributed by atoms with Gasteiger partial charge in [-0.2, -0.15) is 26.3 Å². The molecule has 0 aliphatic heterocycles. The van der Waals surface area contributed by atoms with Crippen molar-refractivity contribution in [3.05, 3.63) is 0 Å². The first kappa shape index (κ1) is 14.6. The SMILES string of the molecule is OC(O)C1CCC(C(F)(F)F)(C(F)(F)F)CC1. The largest absolute Gasteiger partial charge is 0.403 e. The van der Waals surface area contributed by atoms with E-state index < -0.39 is 55.7 Å². The van der Waals surface area contributed by atoms with Crippen LogP contribution in [0.25, 0.3) is 0 Å². The minimum atomic E-state index is -5.36. The quantitative estimate of drug-likeness (QED) is 0.565. The third kappa shape index (κ3) is 2.52. The molecule has 17 heavy (non-hydrogen) atoms. The van der Waals surface area contributed by atoms with E-state index in [4.69, 9.17) is 10.2 Å². The van der Waals surface area contributed by atoms with Crippen molar-refractivity contribution in [2.45, 2.75) is 44.3 Å². The smallest absolute Gasteiger partial charge is 0.368 e. The second-order valence-electron chi connectivity index (χ2n) is 4.33. The molecule has 0 bridgehead atoms. The van der Waals surface area contributed by atoms with E-state index in [1.807, 2.05) is 0 Å². The molecule has 0 amide bonds. The van der Waals surface area contributed by atoms with Gasteiger partial charge in [-0.3, -0.25) is 0 Å². The molecular weight excluding hydrogens is 254 g/mol. The lowest BCUT2D eigenvalue weighted by Crippen LogP contribution is -2.52. The van der Waals surface area contributed by atoms with Crippen LogP contribution in [0.15, 0.2) is 0 Å². The van der Waals surface area contributed by atoms with Gasteiger partial charge in [-0.25, -0.2) is 0 Å². The summed E-state index contributed by atoms with van der Waals surface area (Å²) in [5, 5.41) is 17.5. The highest BCUT2D eigenvalue weighted by molar-refractivity contribution is 4.96. The zero-order valence-corrected chi connectivity index (χ0v) is 8.65. The van der Waals surface area contributed by atoms with E-state index in [2.05, 4.69) is 0 Å². The Kier molecular flexibility index (Phi) is 3.69. The van der Waals surface area contributed by atoms with Gasteiger partial charge >= 0.3 is 12.4 Å². The maximum atomic E-state index is 12.6. The Morgan fingerprint density at radius 2 is 1.24 bits per heavy atom. The molecule has 1 aliphatic rings. The van der Waals surface area contributed by atoms with Crippen molar-refractivity contribution in [1.29, 1.82) is 0 Å². The van der Waals surface area contributed by atoms with Crippen LogP contribution >= 0.6 is 0 Å². The Bertz CT molecular complexity index is 246. The highest BCUT2D eigenvalue weighted by atomic mass is 19.4. The number of aliphatic hydroxyl groups excluding tert-OH is 1. The van der Waals surface area contributed by atoms with Crippen molar-refractivity contribution in [1.82, 2.24) is 0 Å². The first-order valence-electron chi connectivity index (χ1n) is 5.01. The molecule has 1 rings (SSSR count). The minimum Gasteiger partial charge on any atom is -0.368 e. The lowest BCUT2D eigenvalue weighted by atomic mass is 9.69. The Labute approximate surface area is 93.2 Å². The lowest BCUT2D eigenvalue weighted by Gasteiger charge is -2.42. The molecule has 0 aromatic carbocycles. The van der Waals surface area contributed by atoms with Gasteiger partial charge in [0, 0.05) is 5.92 Å². The zero-order chi connectivity index (χ0) is 13.5. The molecule has 8 heteroatoms. The topological polar surface area (TPSA) is 40.5 Å². The molecule has 0 saturated heterocycles. The molecule has 0 aromatic heterocycles. The van der Waals surface area contributed by atoms with Crippen molar-refractivity contribution >= 4 is 0 Å². The van der Waals surface area contributed by atoms with Crippen LogP contribution in [0.4, 0.5) is 26.3 Å². The van der Waals surface area contributed by atoms with Crippen LogP contribution in [-0.2, 0) is 0 Å². The lowest BCUT2D eigenvalue weighted by molar-refractivity contribution is -0.353. The number of halogens is 6. The number of alkyl halides is 6. The average Bonchev–Trinajstić information content (AvgIpc) is 2.14. The van der Waals surface area contributed by atoms with Crippen molar-refractivity contribution in [2.75, 3.05) is 0 Å². The van der Waals surface area contributed by atoms with Crippen molar-refractivity contribution < 1.29 is 36.6 Å². The van der Waals surface area contributed by atoms with Crippen LogP contribution in [0.1, 0.15) is 25.7 Å². The van der Waals surface area contributed by atoms with E-state index >= 15 is 0 Å². The highest BCUT2D eigenvalue weighted by Crippen LogP contribution is 2.59. The van der Waals surface area contributed by atoms with Crippen molar-refractivity contribution in [3.63, 3.8) is 0 Å². The van der Waals surface area contributed by atoms with Crippen LogP contribution < -0.4 is 0 Å². The van der Waals surface area contributed by atoms with Crippen LogP contribution in [-0.4, -0.2) is 28.9 Å². The number of rotatable bonds is 1. The molecule has 1 fully saturated rings. The van der Waals surface area contributed by atoms with Gasteiger partial charge in [-0.05, 0) is 25.7 Å². The predicted octanol–water partition coefficient (Wildman–Crippen LogP) is 2.60. The number of hydrogen-bond donors (Lipinski definition) is 2. The monoisotopic (exact) mass is 266 g/mol. The van der Waals surface area contributed by atoms with Gasteiger partial charge in [-0.15, -0.1) is 0 Å². The van der Waals surface area contributed by atoms with Gasteiger partial charge < -0.3 is 10.2 Å². The summed E-state index contributed by atoms with van der Waals surface area (Å²) in [4.78, 5) is 0. The van der Waals surface area contributed by atoms with Crippen molar-refractivity contribution in [2.24, 2.45) is 11.3 Å². The Balaban J connectivity index is 2.92. The van der Waals surface area contributed by atoms with Gasteiger partial charge in [0.1, 0.15) is 0 Å². The summed E-state index contributed by atoms with van der Waals surface area (Å²) in [6.45, 7) is 0. The molecule has 102 valence electrons. The van der Waals surface area contributed by atoms with E-state index in [-0.39, 0.29) is 0 Å². The van der Waals surface area contributed by atoms with Gasteiger partial charge in [0.05, 0.1) is 0 Å². The Hall–Kier alpha value is -0.500. The summed E-state index contributed by atoms with van der Waals surface area (Å²) in [6.07, 6.45) is -15.9. The van der Waals surface area contributed by atoms with Gasteiger partial charge in [0.15, 0.2) is 11.7 Å². The van der Waals surface area contributed by atoms with Crippen LogP contribution in [0.5, 0.6) is 0 Å². The highest BCUT2D eigenvalue weighted by Gasteiger charge is 2.70. The predicted molar refractivity (Wildman–Crippen MR) is 44.7 cm³/mol. The fourth-order valence-corrected chi connectivity index (χ4v) is 2.16. The van der Waals surface area contributed by atoms with Crippen molar-refractivity contribution in [3.8, 4) is 0 Å². The van der Waals surface area contributed by atoms with E-state index in [0.29, 0.717) is 0 Å². The molecule has 0 aromatic rings. The summed E-state index contributed by atoms with van der Waals surface area (Å²) in [6, 6.07) is 0. The number of aliphatic hydroxyl groups is 2. The first-order valence-corrected chi connectivity index (χ1v) is 5.01. The molecule has 2 N–H and O–H groups in total. The Morgan fingerprint density at radius 3 is 1.47 bits per heavy atom. The van der Waals surface area contributed by atoms with E-state index in [9.17, 15) is 26.3 Å². The fourth-order valence-electron chi connectivity index (χ4n) is 2.16. The molecule has 0 radical (unpaired) electrons. The maximum Gasteiger partial charge on any atom is 0.403 e. The second-order valence-corrected chi connectivity index (χ2v) is 4.33. The third-order valence-electron chi connectivity index (χ3n) is 3.39. The van der Waals surface area contributed by atoms with E-state index in [1.165, 1.54) is 0 Å². The summed E-state index contributed by atoms with van der Waals surface area (Å²) >= 11 is 0. The summed E-state index contributed by atoms with van der Waals surface area (Å²) < 4.78 is 75.5. The minimum absolute atomic E-state index is 0.503. The molecule has 0 atom stereocenters. The Morgan fingerprint density at radius 1 is 0.882 bits per heavy atom. The first-order chi connectivity index (χ1) is 7.51. The standard InChI is InChI=1S/C9H12F6O2/c10-8(11,12)7(9(13,14)15)3-1-5(2-4-7)6(16)17/h5-6,16-17H,1-4H2. The van der Waals surface area contributed by atoms with Gasteiger partial charge in [0.2, 0.25) is 0 Å². The van der Waals surface area contributed by atoms with Gasteiger partial charge in [-0.1, -0.05) is 0 Å². The molecule has 0 unspecified atom stereocenters. The van der Waals surface area contributed by atoms with E-state index in [0.717, 1.165) is 0 Å². The average molecular weight is 266 g/mol. The maximum absolute atomic E-state index is 12.6. The third-order valence-corrected chi connectivity index (χ3v) is 3.39. The molecule has 1 saturated carbocycles. The van der Waals surface area contributed by atoms with E-state index in [1.54, 1.807) is 0 Å². The molecule has 0 spiro atoms. The number of hydrogen-bond acceptors (Lipinski definition) is 2. The second kappa shape index (κ2) is 4.31. The summed E-state index contributed by atoms with van der Waals surface area (Å²) in [5.74, 6) is -0.923.